The maximum Gasteiger partial charge on any atom is 0.249 e. The van der Waals surface area contributed by atoms with Gasteiger partial charge in [0.2, 0.25) is 5.91 Å². The van der Waals surface area contributed by atoms with Crippen molar-refractivity contribution in [2.24, 2.45) is 0 Å². The van der Waals surface area contributed by atoms with Crippen LogP contribution in [-0.4, -0.2) is 110 Å². The van der Waals surface area contributed by atoms with Crippen LogP contribution in [0, 0.1) is 0 Å². The Labute approximate surface area is 551 Å². The van der Waals surface area contributed by atoms with Crippen molar-refractivity contribution >= 4 is 5.91 Å². The third-order valence-electron chi connectivity index (χ3n) is 19.6. The molecule has 0 bridgehead atoms. The topological polar surface area (TPSA) is 189 Å². The van der Waals surface area contributed by atoms with Crippen molar-refractivity contribution in [2.75, 3.05) is 13.2 Å². The lowest BCUT2D eigenvalue weighted by Crippen LogP contribution is -2.60. The molecule has 1 amide bonds. The normalized spacial score (nSPS) is 18.5. The average molecular weight is 1270 g/mol. The van der Waals surface area contributed by atoms with E-state index in [1.54, 1.807) is 0 Å². The highest BCUT2D eigenvalue weighted by Crippen LogP contribution is 2.25. The summed E-state index contributed by atoms with van der Waals surface area (Å²) in [6.45, 7) is 3.54. The zero-order valence-electron chi connectivity index (χ0n) is 59.0. The van der Waals surface area contributed by atoms with Crippen molar-refractivity contribution in [3.05, 3.63) is 12.2 Å². The minimum absolute atomic E-state index is 0.265. The monoisotopic (exact) mass is 1260 g/mol. The standard InChI is InChI=1S/C78H153NO10/c1-3-5-7-9-11-13-15-17-19-21-23-25-27-29-31-33-35-36-38-40-42-44-46-48-50-52-54-56-58-60-62-64-66-71(82)77(87)79-69(68-88-78-76(86)75(85)74(84)72(67-80)89-78)73(83)70(81)65-63-61-59-57-55-53-51-49-47-45-43-41-39-37-34-32-30-28-26-24-22-20-18-16-14-12-10-8-6-4-2/h29,31,69-76,78,80-86H,3-28,30,32-68H2,1-2H3,(H,79,87)/b31-29-. The van der Waals surface area contributed by atoms with Gasteiger partial charge in [0, 0.05) is 0 Å². The molecule has 8 N–H and O–H groups in total. The maximum atomic E-state index is 13.3. The Hall–Kier alpha value is -1.15. The molecule has 0 saturated carbocycles. The van der Waals surface area contributed by atoms with E-state index in [0.29, 0.717) is 19.3 Å². The molecule has 89 heavy (non-hydrogen) atoms. The van der Waals surface area contributed by atoms with Crippen molar-refractivity contribution in [3.63, 3.8) is 0 Å². The second-order valence-corrected chi connectivity index (χ2v) is 28.1. The molecule has 0 aromatic rings. The number of unbranched alkanes of at least 4 members (excludes halogenated alkanes) is 57. The van der Waals surface area contributed by atoms with E-state index in [4.69, 9.17) is 9.47 Å². The van der Waals surface area contributed by atoms with E-state index < -0.39 is 74.2 Å². The summed E-state index contributed by atoms with van der Waals surface area (Å²) in [6.07, 6.45) is 73.2. The van der Waals surface area contributed by atoms with Crippen LogP contribution in [0.25, 0.3) is 0 Å². The summed E-state index contributed by atoms with van der Waals surface area (Å²) < 4.78 is 11.2. The van der Waals surface area contributed by atoms with Gasteiger partial charge >= 0.3 is 0 Å². The summed E-state index contributed by atoms with van der Waals surface area (Å²) in [7, 11) is 0. The van der Waals surface area contributed by atoms with E-state index in [1.807, 2.05) is 0 Å². The van der Waals surface area contributed by atoms with Crippen LogP contribution in [0.15, 0.2) is 12.2 Å². The quantitative estimate of drug-likeness (QED) is 0.0215. The highest BCUT2D eigenvalue weighted by Gasteiger charge is 2.44. The fourth-order valence-electron chi connectivity index (χ4n) is 13.3. The van der Waals surface area contributed by atoms with Crippen LogP contribution in [0.4, 0.5) is 0 Å². The molecule has 0 aromatic carbocycles. The number of aliphatic hydroxyl groups is 7. The molecule has 1 aliphatic heterocycles. The molecule has 0 spiro atoms. The molecule has 1 saturated heterocycles. The van der Waals surface area contributed by atoms with Gasteiger partial charge in [-0.1, -0.05) is 386 Å². The Morgan fingerprint density at radius 1 is 0.382 bits per heavy atom. The van der Waals surface area contributed by atoms with E-state index >= 15 is 0 Å². The first-order chi connectivity index (χ1) is 43.7. The molecule has 0 aromatic heterocycles. The van der Waals surface area contributed by atoms with Crippen molar-refractivity contribution in [2.45, 2.75) is 467 Å². The minimum Gasteiger partial charge on any atom is -0.394 e. The second-order valence-electron chi connectivity index (χ2n) is 28.1. The summed E-state index contributed by atoms with van der Waals surface area (Å²) in [4.78, 5) is 13.3. The number of aliphatic hydroxyl groups excluding tert-OH is 7. The molecule has 1 aliphatic rings. The van der Waals surface area contributed by atoms with E-state index in [-0.39, 0.29) is 6.42 Å². The average Bonchev–Trinajstić information content (AvgIpc) is 3.68. The summed E-state index contributed by atoms with van der Waals surface area (Å²) in [6, 6.07) is -1.17. The second kappa shape index (κ2) is 66.9. The van der Waals surface area contributed by atoms with Crippen LogP contribution in [-0.2, 0) is 14.3 Å². The summed E-state index contributed by atoms with van der Waals surface area (Å²) in [5.41, 5.74) is 0. The van der Waals surface area contributed by atoms with Gasteiger partial charge in [-0.05, 0) is 38.5 Å². The van der Waals surface area contributed by atoms with Gasteiger partial charge in [-0.3, -0.25) is 4.79 Å². The van der Waals surface area contributed by atoms with Crippen LogP contribution in [0.1, 0.15) is 412 Å². The number of allylic oxidation sites excluding steroid dienone is 2. The predicted molar refractivity (Wildman–Crippen MR) is 376 cm³/mol. The number of ether oxygens (including phenoxy) is 2. The Kier molecular flexibility index (Phi) is 64.5. The number of hydrogen-bond donors (Lipinski definition) is 8. The number of rotatable bonds is 71. The molecule has 0 aliphatic carbocycles. The first kappa shape index (κ1) is 85.9. The SMILES string of the molecule is CCCCCCCCCCCCCC/C=C\CCCCCCCCCCCCCCCCCCC(O)C(=O)NC(COC1OC(CO)C(O)C(O)C1O)C(O)C(O)CCCCCCCCCCCCCCCCCCCCCCCCCCCCCCCC. The molecule has 1 rings (SSSR count). The van der Waals surface area contributed by atoms with Crippen LogP contribution >= 0.6 is 0 Å². The molecule has 1 heterocycles. The predicted octanol–water partition coefficient (Wildman–Crippen LogP) is 20.2. The Morgan fingerprint density at radius 2 is 0.652 bits per heavy atom. The summed E-state index contributed by atoms with van der Waals surface area (Å²) >= 11 is 0. The number of carbonyl (C=O) groups excluding carboxylic acids is 1. The van der Waals surface area contributed by atoms with Crippen LogP contribution in [0.5, 0.6) is 0 Å². The summed E-state index contributed by atoms with van der Waals surface area (Å²) in [5, 5.41) is 76.8. The molecule has 9 atom stereocenters. The van der Waals surface area contributed by atoms with Gasteiger partial charge in [0.1, 0.15) is 36.6 Å². The highest BCUT2D eigenvalue weighted by molar-refractivity contribution is 5.80. The number of amides is 1. The lowest BCUT2D eigenvalue weighted by Gasteiger charge is -2.40. The van der Waals surface area contributed by atoms with Crippen molar-refractivity contribution in [3.8, 4) is 0 Å². The first-order valence-electron chi connectivity index (χ1n) is 39.6. The highest BCUT2D eigenvalue weighted by atomic mass is 16.7. The van der Waals surface area contributed by atoms with Gasteiger partial charge in [-0.25, -0.2) is 0 Å². The van der Waals surface area contributed by atoms with Crippen molar-refractivity contribution < 1.29 is 50.0 Å². The van der Waals surface area contributed by atoms with E-state index in [2.05, 4.69) is 31.3 Å². The third kappa shape index (κ3) is 53.8. The fourth-order valence-corrected chi connectivity index (χ4v) is 13.3. The van der Waals surface area contributed by atoms with Crippen LogP contribution < -0.4 is 5.32 Å². The first-order valence-corrected chi connectivity index (χ1v) is 39.6. The third-order valence-corrected chi connectivity index (χ3v) is 19.6. The van der Waals surface area contributed by atoms with Gasteiger partial charge < -0.3 is 50.5 Å². The van der Waals surface area contributed by atoms with Crippen LogP contribution in [0.3, 0.4) is 0 Å². The molecule has 11 heteroatoms. The van der Waals surface area contributed by atoms with Crippen molar-refractivity contribution in [1.82, 2.24) is 5.32 Å². The zero-order chi connectivity index (χ0) is 64.6. The smallest absolute Gasteiger partial charge is 0.249 e. The fraction of sp³-hybridized carbons (Fsp3) is 0.962. The zero-order valence-corrected chi connectivity index (χ0v) is 59.0. The van der Waals surface area contributed by atoms with Gasteiger partial charge in [0.15, 0.2) is 6.29 Å². The van der Waals surface area contributed by atoms with Gasteiger partial charge in [-0.2, -0.15) is 0 Å². The molecule has 530 valence electrons. The number of nitrogens with one attached hydrogen (secondary N) is 1. The summed E-state index contributed by atoms with van der Waals surface area (Å²) in [5.74, 6) is -0.687. The Balaban J connectivity index is 2.13. The Bertz CT molecular complexity index is 1450. The maximum absolute atomic E-state index is 13.3. The van der Waals surface area contributed by atoms with Crippen molar-refractivity contribution in [1.29, 1.82) is 0 Å². The molecule has 1 fully saturated rings. The number of hydrogen-bond acceptors (Lipinski definition) is 10. The largest absolute Gasteiger partial charge is 0.394 e. The van der Waals surface area contributed by atoms with E-state index in [0.717, 1.165) is 38.5 Å². The molecule has 9 unspecified atom stereocenters. The molecular formula is C78H153NO10. The number of carbonyl (C=O) groups is 1. The molecule has 11 nitrogen and oxygen atoms in total. The van der Waals surface area contributed by atoms with Gasteiger partial charge in [0.25, 0.3) is 0 Å². The molecule has 0 radical (unpaired) electrons. The van der Waals surface area contributed by atoms with E-state index in [9.17, 15) is 40.5 Å². The lowest BCUT2D eigenvalue weighted by atomic mass is 9.98. The van der Waals surface area contributed by atoms with Gasteiger partial charge in [0.05, 0.1) is 25.4 Å². The minimum atomic E-state index is -1.66. The van der Waals surface area contributed by atoms with E-state index in [1.165, 1.54) is 334 Å². The lowest BCUT2D eigenvalue weighted by molar-refractivity contribution is -0.303. The van der Waals surface area contributed by atoms with Crippen LogP contribution in [0.2, 0.25) is 0 Å². The molecular weight excluding hydrogens is 1110 g/mol. The van der Waals surface area contributed by atoms with Gasteiger partial charge in [-0.15, -0.1) is 0 Å². The Morgan fingerprint density at radius 3 is 0.944 bits per heavy atom.